The Balaban J connectivity index is 1.98. The van der Waals surface area contributed by atoms with Crippen LogP contribution in [0, 0.1) is 0 Å². The van der Waals surface area contributed by atoms with Gasteiger partial charge in [0.05, 0.1) is 19.2 Å². The van der Waals surface area contributed by atoms with Gasteiger partial charge in [-0.2, -0.15) is 0 Å². The average Bonchev–Trinajstić information content (AvgIpc) is 2.92. The first-order valence-electron chi connectivity index (χ1n) is 5.56. The van der Waals surface area contributed by atoms with Gasteiger partial charge in [-0.25, -0.2) is 0 Å². The van der Waals surface area contributed by atoms with Crippen LogP contribution in [0.5, 0.6) is 0 Å². The van der Waals surface area contributed by atoms with Gasteiger partial charge in [-0.3, -0.25) is 4.79 Å². The lowest BCUT2D eigenvalue weighted by atomic mass is 10.1. The van der Waals surface area contributed by atoms with E-state index in [1.807, 2.05) is 24.3 Å². The van der Waals surface area contributed by atoms with Gasteiger partial charge in [0.1, 0.15) is 5.76 Å². The average molecular weight is 307 g/mol. The summed E-state index contributed by atoms with van der Waals surface area (Å²) in [5.41, 5.74) is 8.36. The van der Waals surface area contributed by atoms with Crippen LogP contribution >= 0.6 is 15.9 Å². The van der Waals surface area contributed by atoms with Gasteiger partial charge in [0, 0.05) is 15.8 Å². The van der Waals surface area contributed by atoms with Gasteiger partial charge < -0.3 is 15.1 Å². The van der Waals surface area contributed by atoms with Gasteiger partial charge in [-0.1, -0.05) is 0 Å². The molecule has 3 rings (SSSR count). The van der Waals surface area contributed by atoms with E-state index in [4.69, 9.17) is 10.2 Å². The largest absolute Gasteiger partial charge is 0.467 e. The predicted octanol–water partition coefficient (Wildman–Crippen LogP) is 2.71. The number of amides is 1. The number of hydrogen-bond acceptors (Lipinski definition) is 3. The van der Waals surface area contributed by atoms with Crippen LogP contribution in [0.15, 0.2) is 39.4 Å². The molecule has 1 amide bonds. The van der Waals surface area contributed by atoms with E-state index in [0.717, 1.165) is 21.5 Å². The minimum absolute atomic E-state index is 0.0684. The summed E-state index contributed by atoms with van der Waals surface area (Å²) in [6, 6.07) is 7.40. The Morgan fingerprint density at radius 1 is 1.44 bits per heavy atom. The molecule has 5 heteroatoms. The number of fused-ring (bicyclic) bond motifs is 1. The molecule has 2 heterocycles. The highest BCUT2D eigenvalue weighted by Crippen LogP contribution is 2.35. The maximum atomic E-state index is 12.0. The maximum Gasteiger partial charge on any atom is 0.231 e. The smallest absolute Gasteiger partial charge is 0.231 e. The SMILES string of the molecule is Nc1cc2c(cc1Br)CC(=O)N2Cc1ccco1. The lowest BCUT2D eigenvalue weighted by Gasteiger charge is -2.16. The molecule has 0 radical (unpaired) electrons. The monoisotopic (exact) mass is 306 g/mol. The van der Waals surface area contributed by atoms with Crippen molar-refractivity contribution in [2.75, 3.05) is 10.6 Å². The van der Waals surface area contributed by atoms with Crippen molar-refractivity contribution in [2.45, 2.75) is 13.0 Å². The van der Waals surface area contributed by atoms with E-state index in [-0.39, 0.29) is 5.91 Å². The van der Waals surface area contributed by atoms with Crippen LogP contribution in [0.3, 0.4) is 0 Å². The number of nitrogen functional groups attached to an aromatic ring is 1. The molecule has 1 aliphatic rings. The standard InChI is InChI=1S/C13H11BrN2O2/c14-10-4-8-5-13(17)16(12(8)6-11(10)15)7-9-2-1-3-18-9/h1-4,6H,5,7,15H2. The zero-order valence-electron chi connectivity index (χ0n) is 9.52. The Bertz CT molecular complexity index is 608. The Hall–Kier alpha value is -1.75. The highest BCUT2D eigenvalue weighted by atomic mass is 79.9. The molecule has 1 aliphatic heterocycles. The quantitative estimate of drug-likeness (QED) is 0.868. The van der Waals surface area contributed by atoms with Crippen molar-refractivity contribution in [2.24, 2.45) is 0 Å². The molecule has 0 fully saturated rings. The first-order chi connectivity index (χ1) is 8.65. The van der Waals surface area contributed by atoms with Gasteiger partial charge in [0.25, 0.3) is 0 Å². The van der Waals surface area contributed by atoms with Gasteiger partial charge >= 0.3 is 0 Å². The number of benzene rings is 1. The minimum Gasteiger partial charge on any atom is -0.467 e. The summed E-state index contributed by atoms with van der Waals surface area (Å²) in [6.45, 7) is 0.444. The highest BCUT2D eigenvalue weighted by molar-refractivity contribution is 9.10. The zero-order chi connectivity index (χ0) is 12.7. The number of furan rings is 1. The van der Waals surface area contributed by atoms with Crippen LogP contribution in [0.4, 0.5) is 11.4 Å². The van der Waals surface area contributed by atoms with Gasteiger partial charge in [-0.15, -0.1) is 0 Å². The third kappa shape index (κ3) is 1.80. The molecule has 0 aliphatic carbocycles. The molecule has 18 heavy (non-hydrogen) atoms. The fraction of sp³-hybridized carbons (Fsp3) is 0.154. The van der Waals surface area contributed by atoms with Crippen molar-refractivity contribution in [3.8, 4) is 0 Å². The van der Waals surface area contributed by atoms with Crippen LogP contribution in [0.1, 0.15) is 11.3 Å². The first-order valence-corrected chi connectivity index (χ1v) is 6.35. The van der Waals surface area contributed by atoms with E-state index in [0.29, 0.717) is 18.7 Å². The number of hydrogen-bond donors (Lipinski definition) is 1. The van der Waals surface area contributed by atoms with E-state index in [9.17, 15) is 4.79 Å². The minimum atomic E-state index is 0.0684. The van der Waals surface area contributed by atoms with Gasteiger partial charge in [-0.05, 0) is 45.8 Å². The van der Waals surface area contributed by atoms with E-state index in [1.165, 1.54) is 0 Å². The molecule has 1 aromatic carbocycles. The fourth-order valence-corrected chi connectivity index (χ4v) is 2.53. The topological polar surface area (TPSA) is 59.5 Å². The van der Waals surface area contributed by atoms with Crippen molar-refractivity contribution < 1.29 is 9.21 Å². The maximum absolute atomic E-state index is 12.0. The van der Waals surface area contributed by atoms with Crippen LogP contribution in [0.2, 0.25) is 0 Å². The molecule has 0 bridgehead atoms. The molecular formula is C13H11BrN2O2. The molecular weight excluding hydrogens is 296 g/mol. The molecule has 0 saturated heterocycles. The van der Waals surface area contributed by atoms with Gasteiger partial charge in [0.2, 0.25) is 5.91 Å². The van der Waals surface area contributed by atoms with Crippen molar-refractivity contribution in [3.63, 3.8) is 0 Å². The second kappa shape index (κ2) is 4.17. The van der Waals surface area contributed by atoms with Crippen LogP contribution in [-0.4, -0.2) is 5.91 Å². The fourth-order valence-electron chi connectivity index (χ4n) is 2.14. The van der Waals surface area contributed by atoms with E-state index in [2.05, 4.69) is 15.9 Å². The number of rotatable bonds is 2. The Labute approximate surface area is 113 Å². The molecule has 1 aromatic heterocycles. The van der Waals surface area contributed by atoms with E-state index in [1.54, 1.807) is 11.2 Å². The summed E-state index contributed by atoms with van der Waals surface area (Å²) in [7, 11) is 0. The summed E-state index contributed by atoms with van der Waals surface area (Å²) in [4.78, 5) is 13.7. The number of carbonyl (C=O) groups excluding carboxylic acids is 1. The number of nitrogens with zero attached hydrogens (tertiary/aromatic N) is 1. The van der Waals surface area contributed by atoms with Crippen molar-refractivity contribution >= 4 is 33.2 Å². The van der Waals surface area contributed by atoms with E-state index < -0.39 is 0 Å². The second-order valence-electron chi connectivity index (χ2n) is 4.24. The molecule has 0 spiro atoms. The molecule has 0 atom stereocenters. The Kier molecular flexibility index (Phi) is 2.63. The Morgan fingerprint density at radius 3 is 3.00 bits per heavy atom. The molecule has 2 N–H and O–H groups in total. The molecule has 2 aromatic rings. The van der Waals surface area contributed by atoms with Gasteiger partial charge in [0.15, 0.2) is 0 Å². The third-order valence-electron chi connectivity index (χ3n) is 3.03. The molecule has 4 nitrogen and oxygen atoms in total. The van der Waals surface area contributed by atoms with Crippen LogP contribution in [0.25, 0.3) is 0 Å². The summed E-state index contributed by atoms with van der Waals surface area (Å²) in [5, 5.41) is 0. The Morgan fingerprint density at radius 2 is 2.28 bits per heavy atom. The van der Waals surface area contributed by atoms with Crippen LogP contribution < -0.4 is 10.6 Å². The summed E-state index contributed by atoms with van der Waals surface area (Å²) in [6.07, 6.45) is 2.02. The normalized spacial score (nSPS) is 14.1. The number of anilines is 2. The highest BCUT2D eigenvalue weighted by Gasteiger charge is 2.28. The lowest BCUT2D eigenvalue weighted by molar-refractivity contribution is -0.117. The number of carbonyl (C=O) groups is 1. The predicted molar refractivity (Wildman–Crippen MR) is 72.2 cm³/mol. The third-order valence-corrected chi connectivity index (χ3v) is 3.71. The lowest BCUT2D eigenvalue weighted by Crippen LogP contribution is -2.25. The zero-order valence-corrected chi connectivity index (χ0v) is 11.1. The van der Waals surface area contributed by atoms with Crippen molar-refractivity contribution in [1.82, 2.24) is 0 Å². The molecule has 92 valence electrons. The van der Waals surface area contributed by atoms with Crippen molar-refractivity contribution in [1.29, 1.82) is 0 Å². The van der Waals surface area contributed by atoms with E-state index >= 15 is 0 Å². The molecule has 0 saturated carbocycles. The number of halogens is 1. The molecule has 0 unspecified atom stereocenters. The van der Waals surface area contributed by atoms with Crippen LogP contribution in [-0.2, 0) is 17.8 Å². The number of nitrogens with two attached hydrogens (primary N) is 1. The van der Waals surface area contributed by atoms with Crippen molar-refractivity contribution in [3.05, 3.63) is 46.3 Å². The first kappa shape index (κ1) is 11.3. The summed E-state index contributed by atoms with van der Waals surface area (Å²) >= 11 is 3.38. The second-order valence-corrected chi connectivity index (χ2v) is 5.09. The summed E-state index contributed by atoms with van der Waals surface area (Å²) < 4.78 is 6.11. The summed E-state index contributed by atoms with van der Waals surface area (Å²) in [5.74, 6) is 0.830.